The van der Waals surface area contributed by atoms with Crippen molar-refractivity contribution in [2.24, 2.45) is 0 Å². The second-order valence-corrected chi connectivity index (χ2v) is 9.42. The molecule has 186 valence electrons. The van der Waals surface area contributed by atoms with E-state index in [-0.39, 0.29) is 11.2 Å². The van der Waals surface area contributed by atoms with Crippen LogP contribution in [-0.2, 0) is 19.4 Å². The van der Waals surface area contributed by atoms with E-state index in [0.29, 0.717) is 42.1 Å². The van der Waals surface area contributed by atoms with Gasteiger partial charge in [-0.3, -0.25) is 9.55 Å². The molecule has 1 aromatic carbocycles. The maximum Gasteiger partial charge on any atom is 0.349 e. The van der Waals surface area contributed by atoms with Crippen molar-refractivity contribution in [3.63, 3.8) is 0 Å². The van der Waals surface area contributed by atoms with Gasteiger partial charge in [-0.25, -0.2) is 13.6 Å². The van der Waals surface area contributed by atoms with E-state index >= 15 is 0 Å². The minimum Gasteiger partial charge on any atom is -0.451 e. The number of rotatable bonds is 8. The zero-order chi connectivity index (χ0) is 25.2. The van der Waals surface area contributed by atoms with Gasteiger partial charge in [0.1, 0.15) is 11.6 Å². The van der Waals surface area contributed by atoms with E-state index in [1.807, 2.05) is 6.07 Å². The average Bonchev–Trinajstić information content (AvgIpc) is 2.82. The highest BCUT2D eigenvalue weighted by molar-refractivity contribution is 5.46. The van der Waals surface area contributed by atoms with Crippen LogP contribution in [0.1, 0.15) is 57.0 Å². The number of halogens is 2. The molecule has 0 amide bonds. The zero-order valence-corrected chi connectivity index (χ0v) is 20.8. The highest BCUT2D eigenvalue weighted by atomic mass is 19.1. The Bertz CT molecular complexity index is 1250. The Morgan fingerprint density at radius 3 is 2.51 bits per heavy atom. The molecule has 0 spiro atoms. The van der Waals surface area contributed by atoms with Crippen molar-refractivity contribution in [3.8, 4) is 11.5 Å². The largest absolute Gasteiger partial charge is 0.451 e. The lowest BCUT2D eigenvalue weighted by atomic mass is 9.89. The number of anilines is 1. The van der Waals surface area contributed by atoms with Gasteiger partial charge in [0, 0.05) is 42.7 Å². The number of benzene rings is 1. The first-order chi connectivity index (χ1) is 16.7. The van der Waals surface area contributed by atoms with Gasteiger partial charge in [0.05, 0.1) is 5.69 Å². The van der Waals surface area contributed by atoms with Gasteiger partial charge < -0.3 is 9.64 Å². The maximum absolute atomic E-state index is 14.7. The lowest BCUT2D eigenvalue weighted by Gasteiger charge is -2.47. The lowest BCUT2D eigenvalue weighted by Crippen LogP contribution is -2.53. The number of pyridine rings is 1. The molecular formula is C27H32F2N4O2. The van der Waals surface area contributed by atoms with Gasteiger partial charge in [0.15, 0.2) is 17.4 Å². The summed E-state index contributed by atoms with van der Waals surface area (Å²) < 4.78 is 36.6. The van der Waals surface area contributed by atoms with Gasteiger partial charge in [-0.15, -0.1) is 0 Å². The minimum atomic E-state index is -0.777. The molecular weight excluding hydrogens is 450 g/mol. The van der Waals surface area contributed by atoms with Crippen LogP contribution in [0.2, 0.25) is 0 Å². The Morgan fingerprint density at radius 2 is 1.86 bits per heavy atom. The Labute approximate surface area is 204 Å². The molecule has 4 rings (SSSR count). The topological polar surface area (TPSA) is 60.2 Å². The number of fused-ring (bicyclic) bond motifs is 1. The Morgan fingerprint density at radius 1 is 1.11 bits per heavy atom. The highest BCUT2D eigenvalue weighted by Gasteiger charge is 2.35. The first-order valence-electron chi connectivity index (χ1n) is 12.2. The standard InChI is InChI=1S/C27H32F2N4O2/c1-5-12-33-24-17-20(31-26(34)32(24)13-10-27(33,4)6-2)8-7-19-15-22(28)25(23(29)16-19)35-21-9-11-30-18(3)14-21/h9,11,14-17H,5-8,10,12-13H2,1-4H3. The molecule has 1 unspecified atom stereocenters. The fourth-order valence-electron chi connectivity index (χ4n) is 4.67. The van der Waals surface area contributed by atoms with Crippen LogP contribution in [0.5, 0.6) is 11.5 Å². The third-order valence-corrected chi connectivity index (χ3v) is 6.87. The summed E-state index contributed by atoms with van der Waals surface area (Å²) in [5.41, 5.74) is 1.49. The van der Waals surface area contributed by atoms with Gasteiger partial charge >= 0.3 is 5.69 Å². The average molecular weight is 483 g/mol. The molecule has 0 N–H and O–H groups in total. The third-order valence-electron chi connectivity index (χ3n) is 6.87. The number of aromatic nitrogens is 3. The molecule has 35 heavy (non-hydrogen) atoms. The first-order valence-corrected chi connectivity index (χ1v) is 12.2. The Balaban J connectivity index is 1.55. The van der Waals surface area contributed by atoms with E-state index < -0.39 is 17.4 Å². The quantitative estimate of drug-likeness (QED) is 0.419. The molecule has 1 aliphatic rings. The molecule has 0 saturated heterocycles. The van der Waals surface area contributed by atoms with E-state index in [9.17, 15) is 13.6 Å². The van der Waals surface area contributed by atoms with E-state index in [4.69, 9.17) is 4.74 Å². The SMILES string of the molecule is CCCN1c2cc(CCc3cc(F)c(Oc4ccnc(C)c4)c(F)c3)nc(=O)n2CCC1(C)CC. The van der Waals surface area contributed by atoms with Gasteiger partial charge in [0.25, 0.3) is 0 Å². The normalized spacial score (nSPS) is 17.4. The predicted octanol–water partition coefficient (Wildman–Crippen LogP) is 5.59. The van der Waals surface area contributed by atoms with E-state index in [1.165, 1.54) is 18.3 Å². The van der Waals surface area contributed by atoms with Crippen molar-refractivity contribution in [1.29, 1.82) is 0 Å². The summed E-state index contributed by atoms with van der Waals surface area (Å²) in [7, 11) is 0. The minimum absolute atomic E-state index is 0.0173. The van der Waals surface area contributed by atoms with Crippen LogP contribution in [0.15, 0.2) is 41.3 Å². The highest BCUT2D eigenvalue weighted by Crippen LogP contribution is 2.35. The smallest absolute Gasteiger partial charge is 0.349 e. The van der Waals surface area contributed by atoms with Crippen LogP contribution >= 0.6 is 0 Å². The first kappa shape index (κ1) is 24.8. The van der Waals surface area contributed by atoms with Crippen molar-refractivity contribution < 1.29 is 13.5 Å². The zero-order valence-electron chi connectivity index (χ0n) is 20.8. The molecule has 0 saturated carbocycles. The summed E-state index contributed by atoms with van der Waals surface area (Å²) in [6, 6.07) is 7.66. The molecule has 6 nitrogen and oxygen atoms in total. The molecule has 0 radical (unpaired) electrons. The van der Waals surface area contributed by atoms with Crippen molar-refractivity contribution in [1.82, 2.24) is 14.5 Å². The third kappa shape index (κ3) is 5.21. The van der Waals surface area contributed by atoms with Crippen molar-refractivity contribution in [3.05, 3.63) is 75.6 Å². The fourth-order valence-corrected chi connectivity index (χ4v) is 4.67. The van der Waals surface area contributed by atoms with Crippen molar-refractivity contribution in [2.75, 3.05) is 11.4 Å². The van der Waals surface area contributed by atoms with Gasteiger partial charge in [0.2, 0.25) is 0 Å². The number of aryl methyl sites for hydroxylation is 3. The monoisotopic (exact) mass is 482 g/mol. The van der Waals surface area contributed by atoms with Crippen LogP contribution < -0.4 is 15.3 Å². The lowest BCUT2D eigenvalue weighted by molar-refractivity contribution is 0.315. The van der Waals surface area contributed by atoms with Gasteiger partial charge in [-0.2, -0.15) is 4.98 Å². The summed E-state index contributed by atoms with van der Waals surface area (Å²) in [6.45, 7) is 9.79. The molecule has 3 heterocycles. The molecule has 0 bridgehead atoms. The number of hydrogen-bond acceptors (Lipinski definition) is 5. The molecule has 1 atom stereocenters. The van der Waals surface area contributed by atoms with Crippen LogP contribution in [0.25, 0.3) is 0 Å². The van der Waals surface area contributed by atoms with Crippen LogP contribution in [-0.4, -0.2) is 26.6 Å². The number of ether oxygens (including phenoxy) is 1. The number of hydrogen-bond donors (Lipinski definition) is 0. The van der Waals surface area contributed by atoms with Gasteiger partial charge in [-0.1, -0.05) is 13.8 Å². The van der Waals surface area contributed by atoms with Gasteiger partial charge in [-0.05, 0) is 69.7 Å². The Kier molecular flexibility index (Phi) is 7.19. The van der Waals surface area contributed by atoms with E-state index in [1.54, 1.807) is 23.6 Å². The second-order valence-electron chi connectivity index (χ2n) is 9.42. The molecule has 0 aliphatic carbocycles. The summed E-state index contributed by atoms with van der Waals surface area (Å²) in [5.74, 6) is -0.802. The second kappa shape index (κ2) is 10.1. The number of nitrogens with zero attached hydrogens (tertiary/aromatic N) is 4. The van der Waals surface area contributed by atoms with Crippen molar-refractivity contribution in [2.45, 2.75) is 71.9 Å². The van der Waals surface area contributed by atoms with Crippen LogP contribution in [0.3, 0.4) is 0 Å². The molecule has 0 fully saturated rings. The van der Waals surface area contributed by atoms with E-state index in [0.717, 1.165) is 31.6 Å². The molecule has 3 aromatic rings. The summed E-state index contributed by atoms with van der Waals surface area (Å²) >= 11 is 0. The van der Waals surface area contributed by atoms with E-state index in [2.05, 4.69) is 35.6 Å². The predicted molar refractivity (Wildman–Crippen MR) is 132 cm³/mol. The summed E-state index contributed by atoms with van der Waals surface area (Å²) in [4.78, 5) is 23.4. The van der Waals surface area contributed by atoms with Crippen LogP contribution in [0.4, 0.5) is 14.6 Å². The molecule has 1 aliphatic heterocycles. The fraction of sp³-hybridized carbons (Fsp3) is 0.444. The maximum atomic E-state index is 14.7. The molecule has 2 aromatic heterocycles. The molecule has 8 heteroatoms. The Hall–Kier alpha value is -3.29. The van der Waals surface area contributed by atoms with Crippen molar-refractivity contribution >= 4 is 5.82 Å². The summed E-state index contributed by atoms with van der Waals surface area (Å²) in [6.07, 6.45) is 5.10. The summed E-state index contributed by atoms with van der Waals surface area (Å²) in [5, 5.41) is 0. The van der Waals surface area contributed by atoms with Crippen LogP contribution in [0, 0.1) is 18.6 Å².